The third kappa shape index (κ3) is 3.75. The van der Waals surface area contributed by atoms with Gasteiger partial charge in [0.05, 0.1) is 0 Å². The van der Waals surface area contributed by atoms with Crippen LogP contribution >= 0.6 is 0 Å². The van der Waals surface area contributed by atoms with E-state index in [2.05, 4.69) is 25.8 Å². The lowest BCUT2D eigenvalue weighted by atomic mass is 10.2. The number of amides is 1. The van der Waals surface area contributed by atoms with Gasteiger partial charge in [-0.25, -0.2) is 9.97 Å². The molecule has 2 N–H and O–H groups in total. The summed E-state index contributed by atoms with van der Waals surface area (Å²) in [4.78, 5) is 20.9. The highest BCUT2D eigenvalue weighted by molar-refractivity contribution is 6.02. The van der Waals surface area contributed by atoms with Crippen molar-refractivity contribution in [3.63, 3.8) is 0 Å². The molecule has 2 aromatic heterocycles. The van der Waals surface area contributed by atoms with Crippen LogP contribution in [0.25, 0.3) is 0 Å². The van der Waals surface area contributed by atoms with Gasteiger partial charge in [-0.1, -0.05) is 17.3 Å². The van der Waals surface area contributed by atoms with E-state index in [4.69, 9.17) is 4.52 Å². The highest BCUT2D eigenvalue weighted by Gasteiger charge is 2.13. The van der Waals surface area contributed by atoms with Crippen LogP contribution in [0.15, 0.2) is 40.9 Å². The lowest BCUT2D eigenvalue weighted by molar-refractivity contribution is 0.102. The average Bonchev–Trinajstić information content (AvgIpc) is 2.91. The summed E-state index contributed by atoms with van der Waals surface area (Å²) in [5.41, 5.74) is 2.91. The van der Waals surface area contributed by atoms with Crippen molar-refractivity contribution in [2.45, 2.75) is 20.8 Å². The number of nitrogens with one attached hydrogen (secondary N) is 2. The van der Waals surface area contributed by atoms with E-state index in [-0.39, 0.29) is 11.6 Å². The topological polar surface area (TPSA) is 92.9 Å². The maximum atomic E-state index is 12.3. The molecule has 122 valence electrons. The highest BCUT2D eigenvalue weighted by Crippen LogP contribution is 2.16. The van der Waals surface area contributed by atoms with E-state index in [0.717, 1.165) is 11.3 Å². The Morgan fingerprint density at radius 2 is 1.92 bits per heavy atom. The Bertz CT molecular complexity index is 888. The zero-order chi connectivity index (χ0) is 17.1. The fourth-order valence-corrected chi connectivity index (χ4v) is 2.20. The fraction of sp³-hybridized carbons (Fsp3) is 0.176. The van der Waals surface area contributed by atoms with Gasteiger partial charge in [0.2, 0.25) is 5.95 Å². The lowest BCUT2D eigenvalue weighted by Gasteiger charge is -2.08. The molecule has 0 fully saturated rings. The van der Waals surface area contributed by atoms with Crippen LogP contribution in [0.2, 0.25) is 0 Å². The summed E-state index contributed by atoms with van der Waals surface area (Å²) in [6.45, 7) is 5.56. The number of rotatable bonds is 4. The number of carbonyl (C=O) groups is 1. The molecule has 0 spiro atoms. The van der Waals surface area contributed by atoms with Crippen molar-refractivity contribution in [3.8, 4) is 0 Å². The Balaban J connectivity index is 1.81. The molecule has 0 atom stereocenters. The SMILES string of the molecule is Cc1cccc(Nc2nc(C)cc(C(=O)Nc3cc(C)on3)n2)c1. The molecule has 24 heavy (non-hydrogen) atoms. The second kappa shape index (κ2) is 6.49. The van der Waals surface area contributed by atoms with Gasteiger partial charge in [0.25, 0.3) is 5.91 Å². The standard InChI is InChI=1S/C17H17N5O2/c1-10-5-4-6-13(7-10)19-17-18-11(2)8-14(20-17)16(23)21-15-9-12(3)24-22-15/h4-9H,1-3H3,(H,18,19,20)(H,21,22,23). The molecule has 0 radical (unpaired) electrons. The second-order valence-corrected chi connectivity index (χ2v) is 5.49. The largest absolute Gasteiger partial charge is 0.360 e. The number of aryl methyl sites for hydroxylation is 3. The van der Waals surface area contributed by atoms with Crippen molar-refractivity contribution in [3.05, 3.63) is 59.1 Å². The van der Waals surface area contributed by atoms with Crippen LogP contribution in [-0.2, 0) is 0 Å². The molecule has 0 unspecified atom stereocenters. The number of hydrogen-bond donors (Lipinski definition) is 2. The number of aromatic nitrogens is 3. The van der Waals surface area contributed by atoms with Crippen molar-refractivity contribution in [1.82, 2.24) is 15.1 Å². The summed E-state index contributed by atoms with van der Waals surface area (Å²) in [5.74, 6) is 0.955. The summed E-state index contributed by atoms with van der Waals surface area (Å²) in [6, 6.07) is 11.1. The third-order valence-electron chi connectivity index (χ3n) is 3.23. The molecule has 0 bridgehead atoms. The van der Waals surface area contributed by atoms with Crippen molar-refractivity contribution in [2.75, 3.05) is 10.6 Å². The molecule has 0 aliphatic heterocycles. The Hall–Kier alpha value is -3.22. The molecular weight excluding hydrogens is 306 g/mol. The minimum atomic E-state index is -0.374. The van der Waals surface area contributed by atoms with E-state index in [0.29, 0.717) is 23.2 Å². The van der Waals surface area contributed by atoms with Crippen LogP contribution in [0.4, 0.5) is 17.5 Å². The summed E-state index contributed by atoms with van der Waals surface area (Å²) >= 11 is 0. The van der Waals surface area contributed by atoms with Gasteiger partial charge in [-0.2, -0.15) is 0 Å². The Morgan fingerprint density at radius 1 is 1.08 bits per heavy atom. The van der Waals surface area contributed by atoms with Gasteiger partial charge in [-0.15, -0.1) is 0 Å². The van der Waals surface area contributed by atoms with E-state index >= 15 is 0 Å². The molecule has 2 heterocycles. The van der Waals surface area contributed by atoms with Gasteiger partial charge in [-0.05, 0) is 44.5 Å². The molecule has 3 rings (SSSR count). The number of carbonyl (C=O) groups excluding carboxylic acids is 1. The summed E-state index contributed by atoms with van der Waals surface area (Å²) in [5, 5.41) is 9.49. The highest BCUT2D eigenvalue weighted by atomic mass is 16.5. The Morgan fingerprint density at radius 3 is 2.62 bits per heavy atom. The minimum absolute atomic E-state index is 0.248. The van der Waals surface area contributed by atoms with E-state index in [1.807, 2.05) is 31.2 Å². The van der Waals surface area contributed by atoms with Gasteiger partial charge in [0.1, 0.15) is 11.5 Å². The molecular formula is C17H17N5O2. The smallest absolute Gasteiger partial charge is 0.275 e. The monoisotopic (exact) mass is 323 g/mol. The van der Waals surface area contributed by atoms with Gasteiger partial charge in [0.15, 0.2) is 5.82 Å². The predicted molar refractivity (Wildman–Crippen MR) is 90.4 cm³/mol. The van der Waals surface area contributed by atoms with E-state index in [1.165, 1.54) is 0 Å². The first-order chi connectivity index (χ1) is 11.5. The molecule has 3 aromatic rings. The van der Waals surface area contributed by atoms with Crippen LogP contribution < -0.4 is 10.6 Å². The van der Waals surface area contributed by atoms with Crippen molar-refractivity contribution < 1.29 is 9.32 Å². The Labute approximate surface area is 139 Å². The van der Waals surface area contributed by atoms with E-state index < -0.39 is 0 Å². The first-order valence-corrected chi connectivity index (χ1v) is 7.43. The first-order valence-electron chi connectivity index (χ1n) is 7.43. The molecule has 0 aliphatic carbocycles. The first kappa shape index (κ1) is 15.7. The van der Waals surface area contributed by atoms with Crippen LogP contribution in [0, 0.1) is 20.8 Å². The zero-order valence-electron chi connectivity index (χ0n) is 13.6. The number of anilines is 3. The Kier molecular flexibility index (Phi) is 4.24. The lowest BCUT2D eigenvalue weighted by Crippen LogP contribution is -2.15. The molecule has 1 amide bonds. The molecule has 0 saturated heterocycles. The van der Waals surface area contributed by atoms with Gasteiger partial charge >= 0.3 is 0 Å². The zero-order valence-corrected chi connectivity index (χ0v) is 13.6. The van der Waals surface area contributed by atoms with Crippen LogP contribution in [-0.4, -0.2) is 21.0 Å². The predicted octanol–water partition coefficient (Wildman–Crippen LogP) is 3.39. The molecule has 1 aromatic carbocycles. The van der Waals surface area contributed by atoms with Crippen LogP contribution in [0.5, 0.6) is 0 Å². The molecule has 0 aliphatic rings. The van der Waals surface area contributed by atoms with Crippen molar-refractivity contribution in [1.29, 1.82) is 0 Å². The number of nitrogens with zero attached hydrogens (tertiary/aromatic N) is 3. The average molecular weight is 323 g/mol. The van der Waals surface area contributed by atoms with E-state index in [1.54, 1.807) is 26.0 Å². The van der Waals surface area contributed by atoms with Crippen LogP contribution in [0.3, 0.4) is 0 Å². The van der Waals surface area contributed by atoms with Gasteiger partial charge < -0.3 is 15.2 Å². The number of benzene rings is 1. The van der Waals surface area contributed by atoms with E-state index in [9.17, 15) is 4.79 Å². The van der Waals surface area contributed by atoms with Crippen LogP contribution in [0.1, 0.15) is 27.5 Å². The summed E-state index contributed by atoms with van der Waals surface area (Å²) in [6.07, 6.45) is 0. The van der Waals surface area contributed by atoms with Crippen molar-refractivity contribution >= 4 is 23.4 Å². The quantitative estimate of drug-likeness (QED) is 0.764. The summed E-state index contributed by atoms with van der Waals surface area (Å²) < 4.78 is 4.93. The fourth-order valence-electron chi connectivity index (χ4n) is 2.20. The van der Waals surface area contributed by atoms with Gasteiger partial charge in [0, 0.05) is 17.4 Å². The van der Waals surface area contributed by atoms with Gasteiger partial charge in [-0.3, -0.25) is 4.79 Å². The molecule has 7 heteroatoms. The van der Waals surface area contributed by atoms with Crippen molar-refractivity contribution in [2.24, 2.45) is 0 Å². The maximum Gasteiger partial charge on any atom is 0.275 e. The molecule has 0 saturated carbocycles. The summed E-state index contributed by atoms with van der Waals surface area (Å²) in [7, 11) is 0. The minimum Gasteiger partial charge on any atom is -0.360 e. The molecule has 7 nitrogen and oxygen atoms in total. The second-order valence-electron chi connectivity index (χ2n) is 5.49. The maximum absolute atomic E-state index is 12.3. The number of hydrogen-bond acceptors (Lipinski definition) is 6. The third-order valence-corrected chi connectivity index (χ3v) is 3.23. The normalized spacial score (nSPS) is 10.5.